The lowest BCUT2D eigenvalue weighted by Crippen LogP contribution is -2.24. The van der Waals surface area contributed by atoms with Crippen molar-refractivity contribution >= 4 is 17.0 Å². The van der Waals surface area contributed by atoms with Crippen LogP contribution >= 0.6 is 0 Å². The summed E-state index contributed by atoms with van der Waals surface area (Å²) in [5.74, 6) is -0.972. The number of hydrogen-bond donors (Lipinski definition) is 2. The maximum Gasteiger partial charge on any atom is 0.304 e. The normalized spacial score (nSPS) is 14.4. The number of nitrogens with zero attached hydrogens (tertiary/aromatic N) is 2. The van der Waals surface area contributed by atoms with E-state index in [9.17, 15) is 9.90 Å². The molecule has 3 aromatic rings. The molecule has 1 aliphatic heterocycles. The molecule has 0 saturated heterocycles. The number of nitrogens with one attached hydrogen (secondary N) is 1. The number of rotatable bonds is 9. The van der Waals surface area contributed by atoms with E-state index in [4.69, 9.17) is 0 Å². The third kappa shape index (κ3) is 4.57. The first-order valence-corrected chi connectivity index (χ1v) is 11.2. The lowest BCUT2D eigenvalue weighted by Gasteiger charge is -2.23. The van der Waals surface area contributed by atoms with Gasteiger partial charge in [0.15, 0.2) is 0 Å². The molecule has 0 bridgehead atoms. The number of imidazole rings is 1. The number of carbonyl (C=O) groups is 1. The Balaban J connectivity index is 1.68. The van der Waals surface area contributed by atoms with Gasteiger partial charge in [-0.1, -0.05) is 30.3 Å². The third-order valence-corrected chi connectivity index (χ3v) is 6.42. The van der Waals surface area contributed by atoms with Crippen LogP contribution < -0.4 is 5.32 Å². The number of hydrogen-bond acceptors (Lipinski definition) is 3. The number of aryl methyl sites for hydroxylation is 2. The maximum absolute atomic E-state index is 11.8. The summed E-state index contributed by atoms with van der Waals surface area (Å²) in [5.41, 5.74) is 7.91. The standard InChI is InChI=1S/C26H31N3O2/c1-3-4-5-6-13-29-17-28-26-18(2)22(9-10-24(26)29)23(15-25(30)31)20-8-7-19-11-12-27-16-21(19)14-20/h3,7-10,14,17,23,27H,1,4-6,11-13,15-16H2,2H3,(H,30,31)/t23-/m1/s1. The zero-order valence-corrected chi connectivity index (χ0v) is 18.2. The highest BCUT2D eigenvalue weighted by Crippen LogP contribution is 2.35. The average Bonchev–Trinajstić information content (AvgIpc) is 3.19. The average molecular weight is 418 g/mol. The minimum atomic E-state index is -0.784. The zero-order chi connectivity index (χ0) is 21.8. The number of carboxylic acids is 1. The summed E-state index contributed by atoms with van der Waals surface area (Å²) in [6.07, 6.45) is 8.20. The lowest BCUT2D eigenvalue weighted by molar-refractivity contribution is -0.137. The maximum atomic E-state index is 11.8. The van der Waals surface area contributed by atoms with Gasteiger partial charge in [-0.05, 0) is 73.0 Å². The highest BCUT2D eigenvalue weighted by atomic mass is 16.4. The molecular formula is C26H31N3O2. The number of aromatic nitrogens is 2. The molecule has 4 rings (SSSR count). The van der Waals surface area contributed by atoms with Gasteiger partial charge in [0.25, 0.3) is 0 Å². The molecule has 0 amide bonds. The van der Waals surface area contributed by atoms with Crippen molar-refractivity contribution in [2.24, 2.45) is 0 Å². The molecule has 0 spiro atoms. The van der Waals surface area contributed by atoms with Crippen molar-refractivity contribution in [1.82, 2.24) is 14.9 Å². The first-order valence-electron chi connectivity index (χ1n) is 11.2. The van der Waals surface area contributed by atoms with Crippen molar-refractivity contribution in [3.05, 3.63) is 77.1 Å². The minimum Gasteiger partial charge on any atom is -0.481 e. The number of allylic oxidation sites excluding steroid dienone is 1. The molecular weight excluding hydrogens is 386 g/mol. The highest BCUT2D eigenvalue weighted by Gasteiger charge is 2.23. The Morgan fingerprint density at radius 3 is 2.97 bits per heavy atom. The van der Waals surface area contributed by atoms with Gasteiger partial charge in [0, 0.05) is 19.0 Å². The first-order chi connectivity index (χ1) is 15.1. The van der Waals surface area contributed by atoms with Crippen molar-refractivity contribution in [3.63, 3.8) is 0 Å². The summed E-state index contributed by atoms with van der Waals surface area (Å²) in [6.45, 7) is 8.63. The van der Waals surface area contributed by atoms with E-state index in [0.29, 0.717) is 0 Å². The van der Waals surface area contributed by atoms with Crippen LogP contribution in [0.25, 0.3) is 11.0 Å². The van der Waals surface area contributed by atoms with Crippen LogP contribution in [0.2, 0.25) is 0 Å². The summed E-state index contributed by atoms with van der Waals surface area (Å²) in [4.78, 5) is 16.4. The third-order valence-electron chi connectivity index (χ3n) is 6.42. The van der Waals surface area contributed by atoms with Gasteiger partial charge < -0.3 is 15.0 Å². The van der Waals surface area contributed by atoms with Crippen LogP contribution in [0.15, 0.2) is 49.3 Å². The van der Waals surface area contributed by atoms with Crippen LogP contribution in [0, 0.1) is 6.92 Å². The van der Waals surface area contributed by atoms with E-state index in [1.807, 2.05) is 12.4 Å². The van der Waals surface area contributed by atoms with Crippen molar-refractivity contribution < 1.29 is 9.90 Å². The fraction of sp³-hybridized carbons (Fsp3) is 0.385. The predicted molar refractivity (Wildman–Crippen MR) is 124 cm³/mol. The number of unbranched alkanes of at least 4 members (excludes halogenated alkanes) is 2. The van der Waals surface area contributed by atoms with Crippen molar-refractivity contribution in [2.45, 2.75) is 58.0 Å². The quantitative estimate of drug-likeness (QED) is 0.382. The largest absolute Gasteiger partial charge is 0.481 e. The Labute approximate surface area is 183 Å². The molecule has 5 heteroatoms. The van der Waals surface area contributed by atoms with Gasteiger partial charge in [0.1, 0.15) is 0 Å². The molecule has 1 aromatic heterocycles. The topological polar surface area (TPSA) is 67.2 Å². The number of aliphatic carboxylic acids is 1. The van der Waals surface area contributed by atoms with E-state index in [0.717, 1.165) is 73.0 Å². The molecule has 0 unspecified atom stereocenters. The highest BCUT2D eigenvalue weighted by molar-refractivity contribution is 5.81. The molecule has 1 atom stereocenters. The van der Waals surface area contributed by atoms with Crippen LogP contribution in [0.1, 0.15) is 59.4 Å². The number of benzene rings is 2. The van der Waals surface area contributed by atoms with Gasteiger partial charge in [-0.15, -0.1) is 6.58 Å². The Morgan fingerprint density at radius 2 is 2.16 bits per heavy atom. The molecule has 0 saturated carbocycles. The zero-order valence-electron chi connectivity index (χ0n) is 18.2. The smallest absolute Gasteiger partial charge is 0.304 e. The monoisotopic (exact) mass is 417 g/mol. The van der Waals surface area contributed by atoms with Gasteiger partial charge in [-0.2, -0.15) is 0 Å². The Bertz CT molecular complexity index is 1100. The fourth-order valence-corrected chi connectivity index (χ4v) is 4.71. The molecule has 0 fully saturated rings. The lowest BCUT2D eigenvalue weighted by atomic mass is 9.83. The summed E-state index contributed by atoms with van der Waals surface area (Å²) >= 11 is 0. The van der Waals surface area contributed by atoms with Crippen LogP contribution in [0.3, 0.4) is 0 Å². The number of fused-ring (bicyclic) bond motifs is 2. The summed E-state index contributed by atoms with van der Waals surface area (Å²) < 4.78 is 2.20. The molecule has 2 N–H and O–H groups in total. The molecule has 0 radical (unpaired) electrons. The van der Waals surface area contributed by atoms with Crippen LogP contribution in [0.5, 0.6) is 0 Å². The Morgan fingerprint density at radius 1 is 1.29 bits per heavy atom. The second-order valence-electron chi connectivity index (χ2n) is 8.48. The molecule has 2 aromatic carbocycles. The SMILES string of the molecule is C=CCCCCn1cnc2c(C)c([C@H](CC(=O)O)c3ccc4c(c3)CNCC4)ccc21. The van der Waals surface area contributed by atoms with Crippen molar-refractivity contribution in [1.29, 1.82) is 0 Å². The van der Waals surface area contributed by atoms with Gasteiger partial charge in [-0.25, -0.2) is 4.98 Å². The Hall–Kier alpha value is -2.92. The summed E-state index contributed by atoms with van der Waals surface area (Å²) in [6, 6.07) is 10.7. The minimum absolute atomic E-state index is 0.0703. The first kappa shape index (κ1) is 21.3. The van der Waals surface area contributed by atoms with Crippen LogP contribution in [-0.4, -0.2) is 27.2 Å². The van der Waals surface area contributed by atoms with E-state index in [1.165, 1.54) is 11.1 Å². The summed E-state index contributed by atoms with van der Waals surface area (Å²) in [5, 5.41) is 13.1. The molecule has 1 aliphatic rings. The van der Waals surface area contributed by atoms with Gasteiger partial charge >= 0.3 is 5.97 Å². The predicted octanol–water partition coefficient (Wildman–Crippen LogP) is 4.95. The van der Waals surface area contributed by atoms with E-state index in [-0.39, 0.29) is 12.3 Å². The van der Waals surface area contributed by atoms with E-state index < -0.39 is 5.97 Å². The van der Waals surface area contributed by atoms with Crippen molar-refractivity contribution in [3.8, 4) is 0 Å². The Kier molecular flexibility index (Phi) is 6.52. The van der Waals surface area contributed by atoms with E-state index in [2.05, 4.69) is 58.7 Å². The number of carboxylic acid groups (broad SMARTS) is 1. The van der Waals surface area contributed by atoms with Crippen LogP contribution in [0.4, 0.5) is 0 Å². The van der Waals surface area contributed by atoms with Gasteiger partial charge in [0.05, 0.1) is 23.8 Å². The summed E-state index contributed by atoms with van der Waals surface area (Å²) in [7, 11) is 0. The molecule has 5 nitrogen and oxygen atoms in total. The van der Waals surface area contributed by atoms with Gasteiger partial charge in [0.2, 0.25) is 0 Å². The van der Waals surface area contributed by atoms with Crippen molar-refractivity contribution in [2.75, 3.05) is 6.54 Å². The second kappa shape index (κ2) is 9.48. The molecule has 2 heterocycles. The van der Waals surface area contributed by atoms with E-state index >= 15 is 0 Å². The second-order valence-corrected chi connectivity index (χ2v) is 8.48. The molecule has 162 valence electrons. The van der Waals surface area contributed by atoms with E-state index in [1.54, 1.807) is 0 Å². The fourth-order valence-electron chi connectivity index (χ4n) is 4.71. The van der Waals surface area contributed by atoms with Gasteiger partial charge in [-0.3, -0.25) is 4.79 Å². The molecule has 31 heavy (non-hydrogen) atoms. The molecule has 0 aliphatic carbocycles. The van der Waals surface area contributed by atoms with Crippen LogP contribution in [-0.2, 0) is 24.3 Å².